The van der Waals surface area contributed by atoms with Crippen molar-refractivity contribution in [3.05, 3.63) is 0 Å². The molecular weight excluding hydrogens is 227 g/mol. The predicted molar refractivity (Wildman–Crippen MR) is 58.1 cm³/mol. The predicted octanol–water partition coefficient (Wildman–Crippen LogP) is 3.98. The molecule has 1 atom stereocenters. The number of hydrogen-bond acceptors (Lipinski definition) is 1. The summed E-state index contributed by atoms with van der Waals surface area (Å²) in [6, 6.07) is 0. The molecule has 0 fully saturated rings. The van der Waals surface area contributed by atoms with E-state index in [1.54, 1.807) is 0 Å². The van der Waals surface area contributed by atoms with Crippen molar-refractivity contribution in [2.45, 2.75) is 45.4 Å². The van der Waals surface area contributed by atoms with Gasteiger partial charge in [-0.05, 0) is 21.1 Å². The van der Waals surface area contributed by atoms with E-state index in [1.165, 1.54) is 0 Å². The number of rotatable bonds is 1. The normalized spacial score (nSPS) is 19.1. The second kappa shape index (κ2) is 3.25. The van der Waals surface area contributed by atoms with Crippen LogP contribution in [0.3, 0.4) is 0 Å². The van der Waals surface area contributed by atoms with E-state index < -0.39 is 4.74 Å². The van der Waals surface area contributed by atoms with Crippen LogP contribution in [0.2, 0.25) is 0 Å². The van der Waals surface area contributed by atoms with E-state index in [0.717, 1.165) is 0 Å². The van der Waals surface area contributed by atoms with Crippen molar-refractivity contribution in [3.63, 3.8) is 0 Å². The smallest absolute Gasteiger partial charge is 0.0245 e. The first kappa shape index (κ1) is 11.1. The molecule has 0 N–H and O–H groups in total. The molecule has 62 valence electrons. The van der Waals surface area contributed by atoms with Gasteiger partial charge in [0.1, 0.15) is 0 Å². The molecule has 0 aromatic rings. The van der Waals surface area contributed by atoms with Gasteiger partial charge in [-0.3, -0.25) is 0 Å². The van der Waals surface area contributed by atoms with Crippen LogP contribution in [0.25, 0.3) is 0 Å². The van der Waals surface area contributed by atoms with E-state index >= 15 is 0 Å². The molecule has 10 heavy (non-hydrogen) atoms. The Morgan fingerprint density at radius 1 is 1.30 bits per heavy atom. The third-order valence-corrected chi connectivity index (χ3v) is 13.3. The number of halogens is 1. The quantitative estimate of drug-likeness (QED) is 0.627. The van der Waals surface area contributed by atoms with Gasteiger partial charge in [-0.15, -0.1) is 0 Å². The van der Waals surface area contributed by atoms with E-state index in [-0.39, 0.29) is 5.16 Å². The van der Waals surface area contributed by atoms with Crippen molar-refractivity contribution in [2.24, 2.45) is 0 Å². The number of hydrogen-bond donors (Lipinski definition) is 0. The van der Waals surface area contributed by atoms with Crippen molar-refractivity contribution in [2.75, 3.05) is 0 Å². The summed E-state index contributed by atoms with van der Waals surface area (Å²) < 4.78 is -1.30. The SMILES string of the molecule is CC(C)P(=S)(Br)C(C)(C)C. The van der Waals surface area contributed by atoms with E-state index in [2.05, 4.69) is 50.1 Å². The van der Waals surface area contributed by atoms with Crippen LogP contribution < -0.4 is 0 Å². The molecule has 0 aliphatic rings. The highest BCUT2D eigenvalue weighted by molar-refractivity contribution is 9.44. The molecule has 0 amide bonds. The Morgan fingerprint density at radius 2 is 1.60 bits per heavy atom. The lowest BCUT2D eigenvalue weighted by atomic mass is 10.3. The molecule has 0 bridgehead atoms. The molecule has 0 aliphatic heterocycles. The first-order valence-electron chi connectivity index (χ1n) is 3.49. The summed E-state index contributed by atoms with van der Waals surface area (Å²) in [5.74, 6) is 0. The molecule has 0 aromatic carbocycles. The summed E-state index contributed by atoms with van der Waals surface area (Å²) in [6.07, 6.45) is 0. The standard InChI is InChI=1S/C7H16BrPS/c1-6(2)9(8,10)7(3,4)5/h6H,1-5H3. The van der Waals surface area contributed by atoms with Gasteiger partial charge in [-0.1, -0.05) is 46.4 Å². The van der Waals surface area contributed by atoms with Crippen LogP contribution in [-0.2, 0) is 11.8 Å². The van der Waals surface area contributed by atoms with E-state index in [9.17, 15) is 0 Å². The fourth-order valence-corrected chi connectivity index (χ4v) is 2.32. The monoisotopic (exact) mass is 242 g/mol. The highest BCUT2D eigenvalue weighted by atomic mass is 79.9. The molecule has 0 radical (unpaired) electrons. The van der Waals surface area contributed by atoms with Crippen LogP contribution >= 0.6 is 20.2 Å². The van der Waals surface area contributed by atoms with Crippen LogP contribution in [0.4, 0.5) is 0 Å². The Balaban J connectivity index is 4.59. The molecular formula is C7H16BrPS. The summed E-state index contributed by atoms with van der Waals surface area (Å²) >= 11 is 9.23. The Hall–Kier alpha value is 1.13. The Morgan fingerprint density at radius 3 is 1.60 bits per heavy atom. The van der Waals surface area contributed by atoms with Gasteiger partial charge in [0.2, 0.25) is 0 Å². The Kier molecular flexibility index (Phi) is 3.61. The molecule has 0 aromatic heterocycles. The maximum absolute atomic E-state index is 5.53. The zero-order valence-electron chi connectivity index (χ0n) is 7.31. The van der Waals surface area contributed by atoms with Crippen molar-refractivity contribution >= 4 is 32.0 Å². The Bertz CT molecular complexity index is 157. The maximum Gasteiger partial charge on any atom is 0.0245 e. The van der Waals surface area contributed by atoms with Crippen LogP contribution in [-0.4, -0.2) is 10.8 Å². The minimum Gasteiger partial charge on any atom is -0.0846 e. The molecule has 0 saturated carbocycles. The lowest BCUT2D eigenvalue weighted by Crippen LogP contribution is -2.16. The highest BCUT2D eigenvalue weighted by Crippen LogP contribution is 2.67. The summed E-state index contributed by atoms with van der Waals surface area (Å²) in [5.41, 5.74) is 0.600. The molecule has 0 aliphatic carbocycles. The fourth-order valence-electron chi connectivity index (χ4n) is 0.775. The fraction of sp³-hybridized carbons (Fsp3) is 1.00. The lowest BCUT2D eigenvalue weighted by molar-refractivity contribution is 0.780. The van der Waals surface area contributed by atoms with E-state index in [4.69, 9.17) is 11.8 Å². The average Bonchev–Trinajstić information content (AvgIpc) is 1.62. The highest BCUT2D eigenvalue weighted by Gasteiger charge is 2.31. The molecule has 3 heteroatoms. The first-order valence-corrected chi connectivity index (χ1v) is 8.38. The summed E-state index contributed by atoms with van der Waals surface area (Å²) in [7, 11) is 0. The Labute approximate surface area is 77.5 Å². The zero-order valence-corrected chi connectivity index (χ0v) is 10.6. The molecule has 1 unspecified atom stereocenters. The van der Waals surface area contributed by atoms with Gasteiger partial charge in [0.15, 0.2) is 0 Å². The van der Waals surface area contributed by atoms with Crippen LogP contribution in [0.1, 0.15) is 34.6 Å². The van der Waals surface area contributed by atoms with Crippen molar-refractivity contribution in [3.8, 4) is 0 Å². The van der Waals surface area contributed by atoms with Gasteiger partial charge in [0.05, 0.1) is 0 Å². The van der Waals surface area contributed by atoms with Crippen molar-refractivity contribution in [1.29, 1.82) is 0 Å². The summed E-state index contributed by atoms with van der Waals surface area (Å²) in [5, 5.41) is 0.260. The molecule has 0 nitrogen and oxygen atoms in total. The second-order valence-corrected chi connectivity index (χ2v) is 13.9. The minimum atomic E-state index is -1.30. The molecule has 0 heterocycles. The molecule has 0 rings (SSSR count). The van der Waals surface area contributed by atoms with E-state index in [0.29, 0.717) is 5.66 Å². The molecule has 0 saturated heterocycles. The van der Waals surface area contributed by atoms with Gasteiger partial charge in [-0.25, -0.2) is 0 Å². The van der Waals surface area contributed by atoms with Crippen molar-refractivity contribution < 1.29 is 0 Å². The largest absolute Gasteiger partial charge is 0.0846 e. The van der Waals surface area contributed by atoms with Gasteiger partial charge in [-0.2, -0.15) is 0 Å². The lowest BCUT2D eigenvalue weighted by Gasteiger charge is -2.33. The van der Waals surface area contributed by atoms with Crippen LogP contribution in [0, 0.1) is 0 Å². The van der Waals surface area contributed by atoms with Gasteiger partial charge < -0.3 is 0 Å². The third kappa shape index (κ3) is 2.32. The van der Waals surface area contributed by atoms with Gasteiger partial charge in [0, 0.05) is 9.90 Å². The van der Waals surface area contributed by atoms with Gasteiger partial charge >= 0.3 is 0 Å². The van der Waals surface area contributed by atoms with Crippen LogP contribution in [0.5, 0.6) is 0 Å². The van der Waals surface area contributed by atoms with Crippen LogP contribution in [0.15, 0.2) is 0 Å². The second-order valence-electron chi connectivity index (χ2n) is 3.84. The third-order valence-electron chi connectivity index (χ3n) is 1.58. The zero-order chi connectivity index (χ0) is 8.58. The summed E-state index contributed by atoms with van der Waals surface area (Å²) in [6.45, 7) is 11.0. The average molecular weight is 243 g/mol. The van der Waals surface area contributed by atoms with Gasteiger partial charge in [0.25, 0.3) is 0 Å². The maximum atomic E-state index is 5.53. The van der Waals surface area contributed by atoms with Crippen molar-refractivity contribution in [1.82, 2.24) is 0 Å². The first-order chi connectivity index (χ1) is 4.19. The minimum absolute atomic E-state index is 0.260. The van der Waals surface area contributed by atoms with E-state index in [1.807, 2.05) is 0 Å². The molecule has 0 spiro atoms. The topological polar surface area (TPSA) is 0 Å². The summed E-state index contributed by atoms with van der Waals surface area (Å²) in [4.78, 5) is 0.